The van der Waals surface area contributed by atoms with Crippen LogP contribution in [0.4, 0.5) is 5.13 Å². The fourth-order valence-corrected chi connectivity index (χ4v) is 4.24. The van der Waals surface area contributed by atoms with Crippen molar-refractivity contribution in [3.05, 3.63) is 83.4 Å². The second-order valence-corrected chi connectivity index (χ2v) is 7.67. The molecule has 0 aliphatic carbocycles. The van der Waals surface area contributed by atoms with Gasteiger partial charge in [-0.25, -0.2) is 4.98 Å². The van der Waals surface area contributed by atoms with E-state index < -0.39 is 12.0 Å². The number of anilines is 1. The van der Waals surface area contributed by atoms with Gasteiger partial charge < -0.3 is 10.2 Å². The third-order valence-corrected chi connectivity index (χ3v) is 5.70. The van der Waals surface area contributed by atoms with E-state index in [2.05, 4.69) is 10.3 Å². The van der Waals surface area contributed by atoms with Gasteiger partial charge in [-0.3, -0.25) is 9.59 Å². The Labute approximate surface area is 168 Å². The number of amides is 2. The summed E-state index contributed by atoms with van der Waals surface area (Å²) in [6, 6.07) is 19.0. The first-order valence-corrected chi connectivity index (χ1v) is 10.2. The van der Waals surface area contributed by atoms with Gasteiger partial charge in [0.15, 0.2) is 5.13 Å². The first-order valence-electron chi connectivity index (χ1n) is 9.35. The third kappa shape index (κ3) is 3.82. The second kappa shape index (κ2) is 8.35. The first-order chi connectivity index (χ1) is 13.7. The molecule has 1 atom stereocenters. The van der Waals surface area contributed by atoms with E-state index in [1.807, 2.05) is 66.0 Å². The molecule has 5 nitrogen and oxygen atoms in total. The minimum Gasteiger partial charge on any atom is -0.330 e. The Kier molecular flexibility index (Phi) is 5.48. The molecular weight excluding hydrogens is 370 g/mol. The number of nitrogens with zero attached hydrogens (tertiary/aromatic N) is 2. The number of benzene rings is 2. The summed E-state index contributed by atoms with van der Waals surface area (Å²) in [5.74, 6) is -0.620. The Bertz CT molecular complexity index is 889. The van der Waals surface area contributed by atoms with Crippen molar-refractivity contribution in [2.45, 2.75) is 24.8 Å². The van der Waals surface area contributed by atoms with Crippen LogP contribution in [-0.2, 0) is 9.59 Å². The van der Waals surface area contributed by atoms with Crippen molar-refractivity contribution >= 4 is 28.3 Å². The molecule has 1 aromatic heterocycles. The second-order valence-electron chi connectivity index (χ2n) is 6.77. The zero-order valence-electron chi connectivity index (χ0n) is 15.3. The van der Waals surface area contributed by atoms with Gasteiger partial charge in [-0.1, -0.05) is 60.7 Å². The Morgan fingerprint density at radius 2 is 1.68 bits per heavy atom. The number of hydrogen-bond acceptors (Lipinski definition) is 4. The molecule has 1 saturated heterocycles. The predicted molar refractivity (Wildman–Crippen MR) is 110 cm³/mol. The maximum absolute atomic E-state index is 13.6. The van der Waals surface area contributed by atoms with Gasteiger partial charge in [0.1, 0.15) is 6.04 Å². The van der Waals surface area contributed by atoms with E-state index in [4.69, 9.17) is 0 Å². The molecule has 2 amide bonds. The molecule has 1 N–H and O–H groups in total. The van der Waals surface area contributed by atoms with Crippen LogP contribution >= 0.6 is 11.3 Å². The average Bonchev–Trinajstić information content (AvgIpc) is 3.42. The molecule has 4 rings (SSSR count). The van der Waals surface area contributed by atoms with Gasteiger partial charge >= 0.3 is 0 Å². The zero-order valence-corrected chi connectivity index (χ0v) is 16.1. The van der Waals surface area contributed by atoms with E-state index >= 15 is 0 Å². The van der Waals surface area contributed by atoms with E-state index in [1.54, 1.807) is 11.1 Å². The molecule has 3 aromatic rings. The van der Waals surface area contributed by atoms with Gasteiger partial charge in [-0.15, -0.1) is 11.3 Å². The van der Waals surface area contributed by atoms with E-state index in [-0.39, 0.29) is 11.8 Å². The Morgan fingerprint density at radius 1 is 1.04 bits per heavy atom. The molecule has 0 saturated carbocycles. The van der Waals surface area contributed by atoms with Crippen molar-refractivity contribution in [3.8, 4) is 0 Å². The SMILES string of the molecule is O=C(Nc1nccs1)[C@H]1CCCN1C(=O)C(c1ccccc1)c1ccccc1. The van der Waals surface area contributed by atoms with E-state index in [9.17, 15) is 9.59 Å². The topological polar surface area (TPSA) is 62.3 Å². The zero-order chi connectivity index (χ0) is 19.3. The molecule has 28 heavy (non-hydrogen) atoms. The summed E-state index contributed by atoms with van der Waals surface area (Å²) in [6.07, 6.45) is 3.13. The molecule has 2 aromatic carbocycles. The Morgan fingerprint density at radius 3 is 2.25 bits per heavy atom. The van der Waals surface area contributed by atoms with Crippen molar-refractivity contribution in [3.63, 3.8) is 0 Å². The fourth-order valence-electron chi connectivity index (χ4n) is 3.71. The van der Waals surface area contributed by atoms with Gasteiger partial charge in [0.2, 0.25) is 11.8 Å². The quantitative estimate of drug-likeness (QED) is 0.717. The van der Waals surface area contributed by atoms with Crippen molar-refractivity contribution in [2.75, 3.05) is 11.9 Å². The van der Waals surface area contributed by atoms with Crippen LogP contribution in [0.3, 0.4) is 0 Å². The Hall–Kier alpha value is -2.99. The number of carbonyl (C=O) groups is 2. The molecule has 0 radical (unpaired) electrons. The molecule has 1 fully saturated rings. The van der Waals surface area contributed by atoms with Crippen LogP contribution in [-0.4, -0.2) is 34.3 Å². The lowest BCUT2D eigenvalue weighted by atomic mass is 9.90. The van der Waals surface area contributed by atoms with Gasteiger partial charge in [0.25, 0.3) is 0 Å². The highest BCUT2D eigenvalue weighted by atomic mass is 32.1. The summed E-state index contributed by atoms with van der Waals surface area (Å²) < 4.78 is 0. The number of carbonyl (C=O) groups excluding carboxylic acids is 2. The maximum Gasteiger partial charge on any atom is 0.248 e. The number of nitrogens with one attached hydrogen (secondary N) is 1. The lowest BCUT2D eigenvalue weighted by Gasteiger charge is -2.28. The van der Waals surface area contributed by atoms with Crippen LogP contribution in [0.5, 0.6) is 0 Å². The monoisotopic (exact) mass is 391 g/mol. The minimum absolute atomic E-state index is 0.0332. The number of likely N-dealkylation sites (tertiary alicyclic amines) is 1. The average molecular weight is 391 g/mol. The van der Waals surface area contributed by atoms with E-state index in [1.165, 1.54) is 11.3 Å². The van der Waals surface area contributed by atoms with Gasteiger partial charge in [-0.05, 0) is 24.0 Å². The number of aromatic nitrogens is 1. The predicted octanol–water partition coefficient (Wildman–Crippen LogP) is 3.90. The molecule has 2 heterocycles. The molecule has 142 valence electrons. The third-order valence-electron chi connectivity index (χ3n) is 5.01. The van der Waals surface area contributed by atoms with Gasteiger partial charge in [0.05, 0.1) is 5.92 Å². The highest BCUT2D eigenvalue weighted by Gasteiger charge is 2.38. The molecule has 0 unspecified atom stereocenters. The smallest absolute Gasteiger partial charge is 0.248 e. The van der Waals surface area contributed by atoms with E-state index in [0.29, 0.717) is 18.1 Å². The van der Waals surface area contributed by atoms with Crippen molar-refractivity contribution < 1.29 is 9.59 Å². The van der Waals surface area contributed by atoms with Gasteiger partial charge in [-0.2, -0.15) is 0 Å². The molecule has 6 heteroatoms. The Balaban J connectivity index is 1.61. The molecular formula is C22H21N3O2S. The van der Waals surface area contributed by atoms with Crippen LogP contribution in [0.2, 0.25) is 0 Å². The summed E-state index contributed by atoms with van der Waals surface area (Å²) in [7, 11) is 0. The lowest BCUT2D eigenvalue weighted by molar-refractivity contribution is -0.137. The van der Waals surface area contributed by atoms with Crippen LogP contribution in [0.25, 0.3) is 0 Å². The maximum atomic E-state index is 13.6. The summed E-state index contributed by atoms with van der Waals surface area (Å²) in [5.41, 5.74) is 1.87. The molecule has 1 aliphatic heterocycles. The number of hydrogen-bond donors (Lipinski definition) is 1. The van der Waals surface area contributed by atoms with Crippen LogP contribution in [0.1, 0.15) is 29.9 Å². The van der Waals surface area contributed by atoms with Crippen LogP contribution < -0.4 is 5.32 Å². The van der Waals surface area contributed by atoms with Crippen LogP contribution in [0, 0.1) is 0 Å². The number of rotatable bonds is 5. The summed E-state index contributed by atoms with van der Waals surface area (Å²) in [6.45, 7) is 0.588. The normalized spacial score (nSPS) is 16.3. The highest BCUT2D eigenvalue weighted by molar-refractivity contribution is 7.13. The van der Waals surface area contributed by atoms with Crippen molar-refractivity contribution in [2.24, 2.45) is 0 Å². The van der Waals surface area contributed by atoms with Crippen molar-refractivity contribution in [1.82, 2.24) is 9.88 Å². The molecule has 1 aliphatic rings. The highest BCUT2D eigenvalue weighted by Crippen LogP contribution is 2.30. The molecule has 0 bridgehead atoms. The van der Waals surface area contributed by atoms with Gasteiger partial charge in [0, 0.05) is 18.1 Å². The van der Waals surface area contributed by atoms with E-state index in [0.717, 1.165) is 17.5 Å². The first kappa shape index (κ1) is 18.4. The van der Waals surface area contributed by atoms with Crippen molar-refractivity contribution in [1.29, 1.82) is 0 Å². The summed E-state index contributed by atoms with van der Waals surface area (Å²) >= 11 is 1.37. The summed E-state index contributed by atoms with van der Waals surface area (Å²) in [5, 5.41) is 5.22. The fraction of sp³-hybridized carbons (Fsp3) is 0.227. The summed E-state index contributed by atoms with van der Waals surface area (Å²) in [4.78, 5) is 32.2. The number of thiazole rings is 1. The molecule has 0 spiro atoms. The lowest BCUT2D eigenvalue weighted by Crippen LogP contribution is -2.45. The standard InChI is InChI=1S/C22H21N3O2S/c26-20(24-22-23-13-15-28-22)18-12-7-14-25(18)21(27)19(16-8-3-1-4-9-16)17-10-5-2-6-11-17/h1-6,8-11,13,15,18-19H,7,12,14H2,(H,23,24,26)/t18-/m1/s1. The largest absolute Gasteiger partial charge is 0.330 e. The minimum atomic E-state index is -0.466. The van der Waals surface area contributed by atoms with Crippen LogP contribution in [0.15, 0.2) is 72.2 Å².